The van der Waals surface area contributed by atoms with Gasteiger partial charge in [-0.15, -0.1) is 0 Å². The van der Waals surface area contributed by atoms with Crippen LogP contribution in [0.5, 0.6) is 0 Å². The number of likely N-dealkylation sites (N-methyl/N-ethyl adjacent to an activating group) is 1. The number of fused-ring (bicyclic) bond motifs is 6. The maximum Gasteiger partial charge on any atom is 0.406 e. The highest BCUT2D eigenvalue weighted by atomic mass is 28.1. The number of benzene rings is 1. The van der Waals surface area contributed by atoms with E-state index < -0.39 is 71.2 Å². The number of cyclic esters (lactones) is 1. The maximum absolute atomic E-state index is 14.9. The molecule has 6 heterocycles. The van der Waals surface area contributed by atoms with Crippen molar-refractivity contribution >= 4 is 50.9 Å². The number of hydrogen-bond acceptors (Lipinski definition) is 12. The van der Waals surface area contributed by atoms with Gasteiger partial charge in [-0.05, 0) is 80.5 Å². The molecule has 3 aromatic heterocycles. The number of aromatic nitrogens is 3. The van der Waals surface area contributed by atoms with Crippen LogP contribution in [0.15, 0.2) is 59.8 Å². The minimum absolute atomic E-state index is 0.0109. The Morgan fingerprint density at radius 3 is 2.56 bits per heavy atom. The number of amides is 5. The Balaban J connectivity index is 1.29. The zero-order chi connectivity index (χ0) is 52.4. The molecular formula is C50H63F3N9O9Si. The van der Waals surface area contributed by atoms with Crippen LogP contribution in [0.3, 0.4) is 0 Å². The SMILES string of the molecule is C=CC(=O)N(CCO)[C@H]1CCN(C(=O)N(C)[C@H](C(=O)N[C@@]2([Si])Cc3ncc(o3)-c3ccc4c(c3)c(c(-c3cccnc3[C@H](C)OC)n4CC(F)(F)F)CC(C)(C)COC(=O)[C@@H]3CCCN(N3)C2=O)C(C)C)C1. The van der Waals surface area contributed by atoms with Gasteiger partial charge in [-0.3, -0.25) is 29.2 Å². The molecule has 18 nitrogen and oxygen atoms in total. The van der Waals surface area contributed by atoms with Crippen molar-refractivity contribution in [1.82, 2.24) is 45.0 Å². The van der Waals surface area contributed by atoms with E-state index in [9.17, 15) is 42.3 Å². The molecule has 2 saturated heterocycles. The second kappa shape index (κ2) is 21.5. The number of likely N-dealkylation sites (tertiary alicyclic amines) is 1. The number of halogens is 3. The van der Waals surface area contributed by atoms with Crippen LogP contribution in [0.2, 0.25) is 0 Å². The second-order valence-corrected chi connectivity index (χ2v) is 20.8. The zero-order valence-electron chi connectivity index (χ0n) is 41.7. The second-order valence-electron chi connectivity index (χ2n) is 19.9. The van der Waals surface area contributed by atoms with Crippen molar-refractivity contribution < 1.29 is 56.1 Å². The van der Waals surface area contributed by atoms with Crippen molar-refractivity contribution in [2.75, 3.05) is 53.6 Å². The number of carbonyl (C=O) groups excluding carboxylic acids is 5. The molecule has 22 heteroatoms. The van der Waals surface area contributed by atoms with E-state index in [4.69, 9.17) is 13.9 Å². The van der Waals surface area contributed by atoms with Gasteiger partial charge in [-0.2, -0.15) is 13.2 Å². The molecule has 0 saturated carbocycles. The van der Waals surface area contributed by atoms with Crippen LogP contribution >= 0.6 is 0 Å². The first-order chi connectivity index (χ1) is 34.0. The predicted molar refractivity (Wildman–Crippen MR) is 260 cm³/mol. The molecule has 3 aliphatic rings. The number of nitrogens with one attached hydrogen (secondary N) is 2. The van der Waals surface area contributed by atoms with Gasteiger partial charge in [-0.25, -0.2) is 15.2 Å². The van der Waals surface area contributed by atoms with Crippen molar-refractivity contribution in [3.05, 3.63) is 72.5 Å². The Morgan fingerprint density at radius 2 is 1.88 bits per heavy atom. The monoisotopic (exact) mass is 1020 g/mol. The number of ether oxygens (including phenoxy) is 2. The van der Waals surface area contributed by atoms with E-state index in [1.54, 1.807) is 57.3 Å². The summed E-state index contributed by atoms with van der Waals surface area (Å²) in [6, 6.07) is 5.30. The lowest BCUT2D eigenvalue weighted by molar-refractivity contribution is -0.156. The molecule has 0 aliphatic carbocycles. The van der Waals surface area contributed by atoms with Gasteiger partial charge in [0, 0.05) is 74.0 Å². The predicted octanol–water partition coefficient (Wildman–Crippen LogP) is 4.93. The topological polar surface area (TPSA) is 205 Å². The molecule has 4 aromatic rings. The number of pyridine rings is 1. The van der Waals surface area contributed by atoms with E-state index in [1.807, 2.05) is 13.8 Å². The Hall–Kier alpha value is -6.10. The molecule has 5 atom stereocenters. The van der Waals surface area contributed by atoms with Crippen LogP contribution < -0.4 is 10.7 Å². The van der Waals surface area contributed by atoms with Crippen LogP contribution in [-0.4, -0.2) is 162 Å². The van der Waals surface area contributed by atoms with Gasteiger partial charge in [0.05, 0.1) is 59.6 Å². The fraction of sp³-hybridized carbons (Fsp3) is 0.540. The van der Waals surface area contributed by atoms with E-state index in [0.717, 1.165) is 6.08 Å². The molecule has 387 valence electrons. The van der Waals surface area contributed by atoms with Gasteiger partial charge in [0.2, 0.25) is 11.8 Å². The summed E-state index contributed by atoms with van der Waals surface area (Å²) in [5, 5.41) is 12.2. The van der Waals surface area contributed by atoms with Gasteiger partial charge < -0.3 is 43.6 Å². The van der Waals surface area contributed by atoms with E-state index in [1.165, 1.54) is 44.6 Å². The van der Waals surface area contributed by atoms with Crippen LogP contribution in [0, 0.1) is 11.3 Å². The third kappa shape index (κ3) is 11.4. The van der Waals surface area contributed by atoms with Crippen LogP contribution in [0.1, 0.15) is 77.1 Å². The highest BCUT2D eigenvalue weighted by Crippen LogP contribution is 2.43. The van der Waals surface area contributed by atoms with Gasteiger partial charge in [-0.1, -0.05) is 34.3 Å². The normalized spacial score (nSPS) is 21.5. The minimum atomic E-state index is -4.63. The Labute approximate surface area is 419 Å². The molecule has 1 aromatic carbocycles. The van der Waals surface area contributed by atoms with E-state index in [-0.39, 0.29) is 87.0 Å². The molecule has 3 N–H and O–H groups in total. The third-order valence-corrected chi connectivity index (χ3v) is 14.1. The number of methoxy groups -OCH3 is 1. The van der Waals surface area contributed by atoms with Crippen LogP contribution in [0.4, 0.5) is 18.0 Å². The van der Waals surface area contributed by atoms with Crippen molar-refractivity contribution in [3.63, 3.8) is 0 Å². The van der Waals surface area contributed by atoms with E-state index in [2.05, 4.69) is 37.5 Å². The smallest absolute Gasteiger partial charge is 0.406 e. The average Bonchev–Trinajstić information content (AvgIpc) is 4.09. The number of alkyl halides is 3. The van der Waals surface area contributed by atoms with Crippen LogP contribution in [-0.2, 0) is 48.0 Å². The molecule has 0 unspecified atom stereocenters. The molecule has 72 heavy (non-hydrogen) atoms. The van der Waals surface area contributed by atoms with Crippen molar-refractivity contribution in [2.24, 2.45) is 11.3 Å². The molecule has 2 fully saturated rings. The number of esters is 1. The molecule has 5 amide bonds. The highest BCUT2D eigenvalue weighted by Gasteiger charge is 2.46. The lowest BCUT2D eigenvalue weighted by Crippen LogP contribution is -2.68. The molecule has 7 rings (SSSR count). The van der Waals surface area contributed by atoms with Gasteiger partial charge in [0.15, 0.2) is 11.7 Å². The highest BCUT2D eigenvalue weighted by molar-refractivity contribution is 6.29. The lowest BCUT2D eigenvalue weighted by Gasteiger charge is -2.40. The zero-order valence-corrected chi connectivity index (χ0v) is 42.7. The third-order valence-electron chi connectivity index (χ3n) is 13.6. The summed E-state index contributed by atoms with van der Waals surface area (Å²) in [5.74, 6) is -2.73. The number of urea groups is 1. The molecule has 6 bridgehead atoms. The number of hydrogen-bond donors (Lipinski definition) is 3. The number of aliphatic hydroxyl groups excluding tert-OH is 1. The van der Waals surface area contributed by atoms with Crippen molar-refractivity contribution in [3.8, 4) is 22.6 Å². The number of nitrogens with zero attached hydrogens (tertiary/aromatic N) is 7. The molecule has 3 aliphatic heterocycles. The first kappa shape index (κ1) is 53.7. The Kier molecular flexibility index (Phi) is 16.1. The van der Waals surface area contributed by atoms with Gasteiger partial charge >= 0.3 is 18.2 Å². The number of aliphatic hydroxyl groups is 1. The number of rotatable bonds is 12. The fourth-order valence-electron chi connectivity index (χ4n) is 10.0. The fourth-order valence-corrected chi connectivity index (χ4v) is 10.4. The standard InChI is InChI=1S/C50H63F3N9O9Si/c1-9-40(64)60(20-21-63)32-16-19-59(26-32)47(68)58(7)42(29(2)3)44(65)56-49(72)24-39-55-25-38(71-39)31-14-15-37-34(22-31)35(23-48(5,6)28-70-45(66)36-13-11-18-62(57-36)46(49)67)43(61(37)27-50(51,52)53)33-12-10-17-54-41(33)30(4)69-8/h9-10,12,14-15,17,22,25,29-30,32,36,42,57,63H,1,11,13,16,18-21,23-24,26-28H2,2-8H3,(H,56,65)/t30-,32-,36-,42-,49+/m0/s1. The van der Waals surface area contributed by atoms with Gasteiger partial charge in [0.25, 0.3) is 5.91 Å². The summed E-state index contributed by atoms with van der Waals surface area (Å²) >= 11 is 0. The number of hydrazine groups is 1. The Bertz CT molecular complexity index is 2690. The minimum Gasteiger partial charge on any atom is -0.464 e. The van der Waals surface area contributed by atoms with Crippen LogP contribution in [0.25, 0.3) is 33.5 Å². The maximum atomic E-state index is 14.9. The summed E-state index contributed by atoms with van der Waals surface area (Å²) in [5.41, 5.74) is 4.57. The van der Waals surface area contributed by atoms with E-state index in [0.29, 0.717) is 47.0 Å². The Morgan fingerprint density at radius 1 is 1.12 bits per heavy atom. The summed E-state index contributed by atoms with van der Waals surface area (Å²) < 4.78 is 63.3. The van der Waals surface area contributed by atoms with Crippen molar-refractivity contribution in [1.29, 1.82) is 0 Å². The lowest BCUT2D eigenvalue weighted by atomic mass is 9.84. The average molecular weight is 1020 g/mol. The largest absolute Gasteiger partial charge is 0.464 e. The molecule has 3 radical (unpaired) electrons. The summed E-state index contributed by atoms with van der Waals surface area (Å²) in [6.45, 7) is 11.4. The summed E-state index contributed by atoms with van der Waals surface area (Å²) in [6.07, 6.45) is -0.203. The molecular weight excluding hydrogens is 956 g/mol. The van der Waals surface area contributed by atoms with Gasteiger partial charge in [0.1, 0.15) is 23.8 Å². The van der Waals surface area contributed by atoms with E-state index >= 15 is 0 Å². The summed E-state index contributed by atoms with van der Waals surface area (Å²) in [4.78, 5) is 83.6. The summed E-state index contributed by atoms with van der Waals surface area (Å²) in [7, 11) is 6.63. The molecule has 0 spiro atoms. The number of oxazole rings is 1. The first-order valence-electron chi connectivity index (χ1n) is 24.0. The quantitative estimate of drug-likeness (QED) is 0.0983. The first-order valence-corrected chi connectivity index (χ1v) is 24.5. The van der Waals surface area contributed by atoms with Crippen molar-refractivity contribution in [2.45, 2.75) is 109 Å². The number of carbonyl (C=O) groups is 5.